The van der Waals surface area contributed by atoms with Crippen molar-refractivity contribution in [3.05, 3.63) is 65.5 Å². The summed E-state index contributed by atoms with van der Waals surface area (Å²) in [5, 5.41) is 11.7. The van der Waals surface area contributed by atoms with Crippen molar-refractivity contribution in [2.75, 3.05) is 0 Å². The quantitative estimate of drug-likeness (QED) is 0.754. The van der Waals surface area contributed by atoms with Gasteiger partial charge in [-0.25, -0.2) is 4.79 Å². The number of carboxylic acid groups (broad SMARTS) is 1. The molecule has 0 aliphatic carbocycles. The summed E-state index contributed by atoms with van der Waals surface area (Å²) in [5.74, 6) is -2.13. The van der Waals surface area contributed by atoms with Crippen molar-refractivity contribution in [2.24, 2.45) is 5.92 Å². The topological polar surface area (TPSA) is 96.4 Å². The van der Waals surface area contributed by atoms with Crippen molar-refractivity contribution in [1.29, 1.82) is 0 Å². The number of carboxylic acids is 1. The average molecular weight is 340 g/mol. The first-order valence-electron chi connectivity index (χ1n) is 7.96. The number of nitrogens with zero attached hydrogens (tertiary/aromatic N) is 1. The molecule has 130 valence electrons. The van der Waals surface area contributed by atoms with Crippen molar-refractivity contribution in [1.82, 2.24) is 10.3 Å². The van der Waals surface area contributed by atoms with Crippen LogP contribution in [0, 0.1) is 5.92 Å². The molecule has 1 amide bonds. The minimum atomic E-state index is -1.11. The Morgan fingerprint density at radius 1 is 1.08 bits per heavy atom. The molecule has 0 fully saturated rings. The summed E-state index contributed by atoms with van der Waals surface area (Å²) in [7, 11) is 0. The Kier molecular flexibility index (Phi) is 6.00. The standard InChI is InChI=1S/C19H20N2O4/c1-12(2)16(19(24)25)21-18(23)17-14(9-6-10-20-17)11-15(22)13-7-4-3-5-8-13/h3-10,12,16H,11H2,1-2H3,(H,21,23)(H,24,25). The fourth-order valence-corrected chi connectivity index (χ4v) is 2.41. The zero-order valence-electron chi connectivity index (χ0n) is 14.1. The number of Topliss-reactive ketones (excluding diaryl/α,β-unsaturated/α-hetero) is 1. The maximum Gasteiger partial charge on any atom is 0.326 e. The molecule has 1 heterocycles. The summed E-state index contributed by atoms with van der Waals surface area (Å²) < 4.78 is 0. The predicted molar refractivity (Wildman–Crippen MR) is 92.4 cm³/mol. The molecule has 1 atom stereocenters. The molecule has 2 rings (SSSR count). The number of benzene rings is 1. The first-order valence-corrected chi connectivity index (χ1v) is 7.96. The molecule has 1 aromatic carbocycles. The Labute approximate surface area is 145 Å². The third-order valence-corrected chi connectivity index (χ3v) is 3.77. The van der Waals surface area contributed by atoms with Crippen LogP contribution in [0.15, 0.2) is 48.7 Å². The fourth-order valence-electron chi connectivity index (χ4n) is 2.41. The van der Waals surface area contributed by atoms with E-state index >= 15 is 0 Å². The molecular weight excluding hydrogens is 320 g/mol. The summed E-state index contributed by atoms with van der Waals surface area (Å²) in [6.45, 7) is 3.41. The van der Waals surface area contributed by atoms with E-state index in [9.17, 15) is 19.5 Å². The van der Waals surface area contributed by atoms with Crippen molar-refractivity contribution in [3.8, 4) is 0 Å². The molecule has 2 N–H and O–H groups in total. The maximum atomic E-state index is 12.5. The van der Waals surface area contributed by atoms with Gasteiger partial charge in [-0.1, -0.05) is 50.2 Å². The first kappa shape index (κ1) is 18.3. The van der Waals surface area contributed by atoms with Crippen LogP contribution in [-0.4, -0.2) is 33.8 Å². The minimum absolute atomic E-state index is 0.0139. The van der Waals surface area contributed by atoms with Crippen LogP contribution >= 0.6 is 0 Å². The SMILES string of the molecule is CC(C)C(NC(=O)c1ncccc1CC(=O)c1ccccc1)C(=O)O. The highest BCUT2D eigenvalue weighted by molar-refractivity contribution is 6.01. The van der Waals surface area contributed by atoms with Gasteiger partial charge in [0.15, 0.2) is 5.78 Å². The van der Waals surface area contributed by atoms with E-state index in [1.54, 1.807) is 50.2 Å². The molecular formula is C19H20N2O4. The highest BCUT2D eigenvalue weighted by atomic mass is 16.4. The molecule has 6 nitrogen and oxygen atoms in total. The number of carbonyl (C=O) groups is 3. The van der Waals surface area contributed by atoms with E-state index in [2.05, 4.69) is 10.3 Å². The van der Waals surface area contributed by atoms with E-state index in [0.29, 0.717) is 11.1 Å². The van der Waals surface area contributed by atoms with Gasteiger partial charge >= 0.3 is 5.97 Å². The van der Waals surface area contributed by atoms with Crippen molar-refractivity contribution in [2.45, 2.75) is 26.3 Å². The molecule has 0 aliphatic heterocycles. The van der Waals surface area contributed by atoms with Crippen LogP contribution in [0.3, 0.4) is 0 Å². The molecule has 0 bridgehead atoms. The summed E-state index contributed by atoms with van der Waals surface area (Å²) in [4.78, 5) is 40.1. The molecule has 25 heavy (non-hydrogen) atoms. The lowest BCUT2D eigenvalue weighted by Crippen LogP contribution is -2.44. The Hall–Kier alpha value is -3.02. The fraction of sp³-hybridized carbons (Fsp3) is 0.263. The van der Waals surface area contributed by atoms with Crippen molar-refractivity contribution in [3.63, 3.8) is 0 Å². The molecule has 0 radical (unpaired) electrons. The Balaban J connectivity index is 2.21. The van der Waals surface area contributed by atoms with E-state index < -0.39 is 17.9 Å². The molecule has 6 heteroatoms. The van der Waals surface area contributed by atoms with Gasteiger partial charge in [-0.2, -0.15) is 0 Å². The van der Waals surface area contributed by atoms with E-state index in [1.165, 1.54) is 6.20 Å². The zero-order chi connectivity index (χ0) is 18.4. The second-order valence-corrected chi connectivity index (χ2v) is 6.01. The second-order valence-electron chi connectivity index (χ2n) is 6.01. The van der Waals surface area contributed by atoms with Gasteiger partial charge < -0.3 is 10.4 Å². The summed E-state index contributed by atoms with van der Waals surface area (Å²) in [6.07, 6.45) is 1.45. The highest BCUT2D eigenvalue weighted by Gasteiger charge is 2.25. The van der Waals surface area contributed by atoms with Gasteiger partial charge in [0.2, 0.25) is 0 Å². The lowest BCUT2D eigenvalue weighted by molar-refractivity contribution is -0.140. The minimum Gasteiger partial charge on any atom is -0.480 e. The number of carbonyl (C=O) groups excluding carboxylic acids is 2. The number of ketones is 1. The highest BCUT2D eigenvalue weighted by Crippen LogP contribution is 2.12. The van der Waals surface area contributed by atoms with Crippen LogP contribution in [0.5, 0.6) is 0 Å². The smallest absolute Gasteiger partial charge is 0.326 e. The number of aliphatic carboxylic acids is 1. The number of nitrogens with one attached hydrogen (secondary N) is 1. The summed E-state index contributed by atoms with van der Waals surface area (Å²) in [6, 6.07) is 11.0. The van der Waals surface area contributed by atoms with E-state index in [-0.39, 0.29) is 23.8 Å². The van der Waals surface area contributed by atoms with Gasteiger partial charge in [0.25, 0.3) is 5.91 Å². The van der Waals surface area contributed by atoms with E-state index in [0.717, 1.165) is 0 Å². The van der Waals surface area contributed by atoms with E-state index in [1.807, 2.05) is 6.07 Å². The molecule has 0 spiro atoms. The monoisotopic (exact) mass is 340 g/mol. The second kappa shape index (κ2) is 8.19. The summed E-state index contributed by atoms with van der Waals surface area (Å²) in [5.41, 5.74) is 1.07. The number of hydrogen-bond acceptors (Lipinski definition) is 4. The van der Waals surface area contributed by atoms with Gasteiger partial charge in [0, 0.05) is 18.2 Å². The van der Waals surface area contributed by atoms with Crippen molar-refractivity contribution >= 4 is 17.7 Å². The number of aromatic nitrogens is 1. The third-order valence-electron chi connectivity index (χ3n) is 3.77. The molecule has 0 aliphatic rings. The van der Waals surface area contributed by atoms with Gasteiger partial charge in [0.1, 0.15) is 11.7 Å². The molecule has 1 aromatic heterocycles. The molecule has 1 unspecified atom stereocenters. The van der Waals surface area contributed by atoms with Gasteiger partial charge in [-0.15, -0.1) is 0 Å². The average Bonchev–Trinajstić information content (AvgIpc) is 2.60. The van der Waals surface area contributed by atoms with Crippen LogP contribution in [0.1, 0.15) is 40.3 Å². The largest absolute Gasteiger partial charge is 0.480 e. The Bertz CT molecular complexity index is 772. The maximum absolute atomic E-state index is 12.5. The number of pyridine rings is 1. The van der Waals surface area contributed by atoms with Crippen molar-refractivity contribution < 1.29 is 19.5 Å². The summed E-state index contributed by atoms with van der Waals surface area (Å²) >= 11 is 0. The lowest BCUT2D eigenvalue weighted by atomic mass is 10.0. The Morgan fingerprint density at radius 2 is 1.76 bits per heavy atom. The predicted octanol–water partition coefficient (Wildman–Crippen LogP) is 2.35. The van der Waals surface area contributed by atoms with Crippen LogP contribution in [0.25, 0.3) is 0 Å². The van der Waals surface area contributed by atoms with Crippen LogP contribution in [0.4, 0.5) is 0 Å². The molecule has 0 saturated carbocycles. The van der Waals surface area contributed by atoms with E-state index in [4.69, 9.17) is 0 Å². The lowest BCUT2D eigenvalue weighted by Gasteiger charge is -2.18. The van der Waals surface area contributed by atoms with Gasteiger partial charge in [0.05, 0.1) is 0 Å². The number of rotatable bonds is 7. The Morgan fingerprint density at radius 3 is 2.36 bits per heavy atom. The van der Waals surface area contributed by atoms with Crippen LogP contribution in [0.2, 0.25) is 0 Å². The first-order chi connectivity index (χ1) is 11.9. The number of hydrogen-bond donors (Lipinski definition) is 2. The molecule has 0 saturated heterocycles. The van der Waals surface area contributed by atoms with Gasteiger partial charge in [-0.05, 0) is 17.5 Å². The number of amides is 1. The van der Waals surface area contributed by atoms with Crippen LogP contribution in [-0.2, 0) is 11.2 Å². The van der Waals surface area contributed by atoms with Crippen LogP contribution < -0.4 is 5.32 Å². The third kappa shape index (κ3) is 4.73. The van der Waals surface area contributed by atoms with Gasteiger partial charge in [-0.3, -0.25) is 14.6 Å². The normalized spacial score (nSPS) is 11.8. The zero-order valence-corrected chi connectivity index (χ0v) is 14.1. The molecule has 2 aromatic rings.